The summed E-state index contributed by atoms with van der Waals surface area (Å²) in [5, 5.41) is 3.50. The number of anilines is 1. The molecule has 1 atom stereocenters. The van der Waals surface area contributed by atoms with E-state index in [9.17, 15) is 4.39 Å². The molecule has 0 aromatic heterocycles. The lowest BCUT2D eigenvalue weighted by molar-refractivity contribution is 0.122. The molecule has 1 saturated heterocycles. The highest BCUT2D eigenvalue weighted by Crippen LogP contribution is 2.22. The summed E-state index contributed by atoms with van der Waals surface area (Å²) >= 11 is 0. The fourth-order valence-electron chi connectivity index (χ4n) is 2.85. The summed E-state index contributed by atoms with van der Waals surface area (Å²) in [6.45, 7) is 5.66. The Labute approximate surface area is 137 Å². The van der Waals surface area contributed by atoms with Crippen LogP contribution in [0.15, 0.2) is 48.5 Å². The van der Waals surface area contributed by atoms with E-state index >= 15 is 0 Å². The molecule has 0 aliphatic carbocycles. The predicted octanol–water partition coefficient (Wildman–Crippen LogP) is 3.51. The van der Waals surface area contributed by atoms with E-state index in [4.69, 9.17) is 4.74 Å². The maximum absolute atomic E-state index is 14.1. The van der Waals surface area contributed by atoms with Gasteiger partial charge in [-0.05, 0) is 30.2 Å². The highest BCUT2D eigenvalue weighted by molar-refractivity contribution is 5.50. The number of benzene rings is 2. The van der Waals surface area contributed by atoms with Gasteiger partial charge < -0.3 is 15.0 Å². The Morgan fingerprint density at radius 3 is 2.61 bits per heavy atom. The summed E-state index contributed by atoms with van der Waals surface area (Å²) in [6.07, 6.45) is 0. The molecule has 0 bridgehead atoms. The zero-order valence-electron chi connectivity index (χ0n) is 13.5. The zero-order chi connectivity index (χ0) is 16.1. The Balaban J connectivity index is 1.66. The van der Waals surface area contributed by atoms with Crippen LogP contribution in [0, 0.1) is 5.82 Å². The van der Waals surface area contributed by atoms with Crippen molar-refractivity contribution in [2.45, 2.75) is 19.5 Å². The summed E-state index contributed by atoms with van der Waals surface area (Å²) in [5.41, 5.74) is 3.03. The average molecular weight is 314 g/mol. The van der Waals surface area contributed by atoms with Crippen LogP contribution in [-0.4, -0.2) is 26.3 Å². The van der Waals surface area contributed by atoms with Crippen molar-refractivity contribution in [1.29, 1.82) is 0 Å². The number of ether oxygens (including phenoxy) is 1. The van der Waals surface area contributed by atoms with E-state index in [1.807, 2.05) is 30.3 Å². The minimum absolute atomic E-state index is 0.160. The molecular formula is C19H23FN2O. The van der Waals surface area contributed by atoms with Gasteiger partial charge in [-0.3, -0.25) is 0 Å². The van der Waals surface area contributed by atoms with E-state index in [0.717, 1.165) is 18.7 Å². The zero-order valence-corrected chi connectivity index (χ0v) is 13.5. The number of halogens is 1. The third-order valence-electron chi connectivity index (χ3n) is 4.27. The first-order chi connectivity index (χ1) is 11.2. The molecule has 0 amide bonds. The van der Waals surface area contributed by atoms with Crippen LogP contribution in [0.25, 0.3) is 0 Å². The molecule has 0 radical (unpaired) electrons. The van der Waals surface area contributed by atoms with Gasteiger partial charge in [-0.25, -0.2) is 4.39 Å². The first-order valence-electron chi connectivity index (χ1n) is 8.13. The molecule has 1 unspecified atom stereocenters. The maximum Gasteiger partial charge on any atom is 0.146 e. The lowest BCUT2D eigenvalue weighted by atomic mass is 10.1. The first-order valence-corrected chi connectivity index (χ1v) is 8.13. The molecule has 1 aliphatic heterocycles. The van der Waals surface area contributed by atoms with Crippen molar-refractivity contribution in [3.05, 3.63) is 65.5 Å². The summed E-state index contributed by atoms with van der Waals surface area (Å²) < 4.78 is 19.5. The van der Waals surface area contributed by atoms with Crippen molar-refractivity contribution in [1.82, 2.24) is 5.32 Å². The number of hydrogen-bond donors (Lipinski definition) is 1. The van der Waals surface area contributed by atoms with Crippen LogP contribution < -0.4 is 10.2 Å². The van der Waals surface area contributed by atoms with Crippen molar-refractivity contribution >= 4 is 5.69 Å². The SMILES string of the molecule is CC(NCc1ccc(F)c(N2CCOCC2)c1)c1ccccc1. The van der Waals surface area contributed by atoms with Crippen LogP contribution in [0.2, 0.25) is 0 Å². The van der Waals surface area contributed by atoms with E-state index in [0.29, 0.717) is 25.4 Å². The topological polar surface area (TPSA) is 24.5 Å². The van der Waals surface area contributed by atoms with E-state index in [-0.39, 0.29) is 11.9 Å². The van der Waals surface area contributed by atoms with Crippen LogP contribution in [0.3, 0.4) is 0 Å². The second-order valence-corrected chi connectivity index (χ2v) is 5.90. The highest BCUT2D eigenvalue weighted by atomic mass is 19.1. The summed E-state index contributed by atoms with van der Waals surface area (Å²) in [4.78, 5) is 2.06. The molecule has 0 spiro atoms. The normalized spacial score (nSPS) is 16.3. The molecule has 0 saturated carbocycles. The van der Waals surface area contributed by atoms with Gasteiger partial charge in [0.05, 0.1) is 18.9 Å². The van der Waals surface area contributed by atoms with Crippen LogP contribution in [0.4, 0.5) is 10.1 Å². The van der Waals surface area contributed by atoms with E-state index in [1.165, 1.54) is 5.56 Å². The van der Waals surface area contributed by atoms with Crippen LogP contribution in [0.1, 0.15) is 24.1 Å². The van der Waals surface area contributed by atoms with E-state index in [2.05, 4.69) is 29.3 Å². The van der Waals surface area contributed by atoms with Crippen molar-refractivity contribution in [3.63, 3.8) is 0 Å². The molecule has 122 valence electrons. The van der Waals surface area contributed by atoms with Gasteiger partial charge in [0.25, 0.3) is 0 Å². The molecular weight excluding hydrogens is 291 g/mol. The molecule has 1 fully saturated rings. The fraction of sp³-hybridized carbons (Fsp3) is 0.368. The maximum atomic E-state index is 14.1. The van der Waals surface area contributed by atoms with Gasteiger partial charge in [0.2, 0.25) is 0 Å². The number of nitrogens with one attached hydrogen (secondary N) is 1. The van der Waals surface area contributed by atoms with Gasteiger partial charge in [-0.15, -0.1) is 0 Å². The third-order valence-corrected chi connectivity index (χ3v) is 4.27. The van der Waals surface area contributed by atoms with Crippen molar-refractivity contribution in [2.75, 3.05) is 31.2 Å². The molecule has 3 nitrogen and oxygen atoms in total. The lowest BCUT2D eigenvalue weighted by Gasteiger charge is -2.29. The van der Waals surface area contributed by atoms with Gasteiger partial charge in [0, 0.05) is 25.7 Å². The number of morpholine rings is 1. The van der Waals surface area contributed by atoms with Gasteiger partial charge in [-0.2, -0.15) is 0 Å². The van der Waals surface area contributed by atoms with Crippen LogP contribution in [0.5, 0.6) is 0 Å². The van der Waals surface area contributed by atoms with Crippen molar-refractivity contribution < 1.29 is 9.13 Å². The summed E-state index contributed by atoms with van der Waals surface area (Å²) in [5.74, 6) is -0.160. The van der Waals surface area contributed by atoms with Gasteiger partial charge >= 0.3 is 0 Å². The number of hydrogen-bond acceptors (Lipinski definition) is 3. The van der Waals surface area contributed by atoms with Crippen molar-refractivity contribution in [2.24, 2.45) is 0 Å². The van der Waals surface area contributed by atoms with Gasteiger partial charge in [0.15, 0.2) is 0 Å². The van der Waals surface area contributed by atoms with E-state index in [1.54, 1.807) is 6.07 Å². The summed E-state index contributed by atoms with van der Waals surface area (Å²) in [6, 6.07) is 16.0. The third kappa shape index (κ3) is 4.09. The quantitative estimate of drug-likeness (QED) is 0.914. The summed E-state index contributed by atoms with van der Waals surface area (Å²) in [7, 11) is 0. The lowest BCUT2D eigenvalue weighted by Crippen LogP contribution is -2.36. The Morgan fingerprint density at radius 1 is 1.13 bits per heavy atom. The minimum atomic E-state index is -0.160. The smallest absolute Gasteiger partial charge is 0.146 e. The highest BCUT2D eigenvalue weighted by Gasteiger charge is 2.15. The standard InChI is InChI=1S/C19H23FN2O/c1-15(17-5-3-2-4-6-17)21-14-16-7-8-18(20)19(13-16)22-9-11-23-12-10-22/h2-8,13,15,21H,9-12,14H2,1H3. The second-order valence-electron chi connectivity index (χ2n) is 5.90. The predicted molar refractivity (Wildman–Crippen MR) is 91.1 cm³/mol. The Kier molecular flexibility index (Phi) is 5.26. The molecule has 1 N–H and O–H groups in total. The Morgan fingerprint density at radius 2 is 1.87 bits per heavy atom. The molecule has 1 aliphatic rings. The number of nitrogens with zero attached hydrogens (tertiary/aromatic N) is 1. The number of rotatable bonds is 5. The Bertz CT molecular complexity index is 627. The first kappa shape index (κ1) is 16.0. The van der Waals surface area contributed by atoms with Crippen LogP contribution in [-0.2, 0) is 11.3 Å². The molecule has 4 heteroatoms. The monoisotopic (exact) mass is 314 g/mol. The molecule has 3 rings (SSSR count). The molecule has 2 aromatic rings. The average Bonchev–Trinajstić information content (AvgIpc) is 2.62. The van der Waals surface area contributed by atoms with E-state index < -0.39 is 0 Å². The van der Waals surface area contributed by atoms with Crippen molar-refractivity contribution in [3.8, 4) is 0 Å². The molecule has 1 heterocycles. The van der Waals surface area contributed by atoms with Gasteiger partial charge in [-0.1, -0.05) is 36.4 Å². The molecule has 23 heavy (non-hydrogen) atoms. The molecule has 2 aromatic carbocycles. The fourth-order valence-corrected chi connectivity index (χ4v) is 2.85. The van der Waals surface area contributed by atoms with Gasteiger partial charge in [0.1, 0.15) is 5.82 Å². The minimum Gasteiger partial charge on any atom is -0.378 e. The largest absolute Gasteiger partial charge is 0.378 e. The second kappa shape index (κ2) is 7.57. The Hall–Kier alpha value is -1.91. The van der Waals surface area contributed by atoms with Crippen LogP contribution >= 0.6 is 0 Å².